The van der Waals surface area contributed by atoms with Crippen molar-refractivity contribution < 1.29 is 14.6 Å². The fourth-order valence-corrected chi connectivity index (χ4v) is 3.18. The van der Waals surface area contributed by atoms with Gasteiger partial charge in [0.05, 0.1) is 6.61 Å². The van der Waals surface area contributed by atoms with Crippen LogP contribution in [0.3, 0.4) is 0 Å². The third kappa shape index (κ3) is 4.95. The summed E-state index contributed by atoms with van der Waals surface area (Å²) < 4.78 is 14.5. The van der Waals surface area contributed by atoms with Crippen molar-refractivity contribution in [2.24, 2.45) is 0 Å². The SMILES string of the molecule is CC(OC1CCCCO1)c1nccn1[C@@H](C#Cc1ccc(Br)cc1)CO. The van der Waals surface area contributed by atoms with E-state index in [0.717, 1.165) is 41.7 Å². The van der Waals surface area contributed by atoms with E-state index in [2.05, 4.69) is 32.8 Å². The lowest BCUT2D eigenvalue weighted by Crippen LogP contribution is -2.25. The molecule has 1 aromatic carbocycles. The zero-order chi connectivity index (χ0) is 18.4. The van der Waals surface area contributed by atoms with E-state index in [9.17, 15) is 5.11 Å². The van der Waals surface area contributed by atoms with Crippen molar-refractivity contribution in [2.75, 3.05) is 13.2 Å². The molecule has 138 valence electrons. The van der Waals surface area contributed by atoms with Gasteiger partial charge in [-0.05, 0) is 50.5 Å². The molecule has 1 aliphatic rings. The van der Waals surface area contributed by atoms with Crippen molar-refractivity contribution in [2.45, 2.75) is 44.6 Å². The average molecular weight is 419 g/mol. The van der Waals surface area contributed by atoms with Gasteiger partial charge in [0, 0.05) is 29.0 Å². The van der Waals surface area contributed by atoms with E-state index in [1.165, 1.54) is 0 Å². The van der Waals surface area contributed by atoms with E-state index in [-0.39, 0.29) is 25.0 Å². The molecule has 2 aromatic rings. The zero-order valence-electron chi connectivity index (χ0n) is 14.8. The third-order valence-corrected chi connectivity index (χ3v) is 4.82. The van der Waals surface area contributed by atoms with E-state index in [4.69, 9.17) is 9.47 Å². The van der Waals surface area contributed by atoms with Gasteiger partial charge in [0.25, 0.3) is 0 Å². The number of imidazole rings is 1. The van der Waals surface area contributed by atoms with Crippen LogP contribution in [-0.2, 0) is 9.47 Å². The van der Waals surface area contributed by atoms with Crippen molar-refractivity contribution in [3.05, 3.63) is 52.5 Å². The Bertz CT molecular complexity index is 757. The highest BCUT2D eigenvalue weighted by atomic mass is 79.9. The summed E-state index contributed by atoms with van der Waals surface area (Å²) in [7, 11) is 0. The molecule has 1 saturated heterocycles. The number of hydrogen-bond acceptors (Lipinski definition) is 4. The Labute approximate surface area is 162 Å². The number of aromatic nitrogens is 2. The normalized spacial score (nSPS) is 19.4. The highest BCUT2D eigenvalue weighted by Crippen LogP contribution is 2.24. The standard InChI is InChI=1S/C20H23BrN2O3/c1-15(26-19-4-2-3-13-25-19)20-22-11-12-23(20)18(14-24)10-7-16-5-8-17(21)9-6-16/h5-6,8-9,11-12,15,18-19,24H,2-4,13-14H2,1H3/t15?,18-,19?/m0/s1. The maximum Gasteiger partial charge on any atom is 0.158 e. The molecule has 0 amide bonds. The number of rotatable bonds is 5. The van der Waals surface area contributed by atoms with Gasteiger partial charge in [-0.1, -0.05) is 27.8 Å². The van der Waals surface area contributed by atoms with Gasteiger partial charge in [-0.25, -0.2) is 4.98 Å². The van der Waals surface area contributed by atoms with Crippen molar-refractivity contribution in [3.63, 3.8) is 0 Å². The number of benzene rings is 1. The van der Waals surface area contributed by atoms with Crippen LogP contribution < -0.4 is 0 Å². The summed E-state index contributed by atoms with van der Waals surface area (Å²) in [5.74, 6) is 6.98. The van der Waals surface area contributed by atoms with Crippen LogP contribution in [0, 0.1) is 11.8 Å². The summed E-state index contributed by atoms with van der Waals surface area (Å²) >= 11 is 3.41. The molecule has 1 fully saturated rings. The zero-order valence-corrected chi connectivity index (χ0v) is 16.4. The first-order valence-corrected chi connectivity index (χ1v) is 9.64. The molecule has 2 unspecified atom stereocenters. The predicted molar refractivity (Wildman–Crippen MR) is 102 cm³/mol. The van der Waals surface area contributed by atoms with Crippen LogP contribution in [0.15, 0.2) is 41.1 Å². The van der Waals surface area contributed by atoms with Gasteiger partial charge >= 0.3 is 0 Å². The molecule has 0 saturated carbocycles. The second-order valence-electron chi connectivity index (χ2n) is 6.24. The molecular weight excluding hydrogens is 396 g/mol. The predicted octanol–water partition coefficient (Wildman–Crippen LogP) is 3.83. The number of nitrogens with zero attached hydrogens (tertiary/aromatic N) is 2. The number of ether oxygens (including phenoxy) is 2. The quantitative estimate of drug-likeness (QED) is 0.749. The van der Waals surface area contributed by atoms with Gasteiger partial charge in [0.15, 0.2) is 6.29 Å². The fraction of sp³-hybridized carbons (Fsp3) is 0.450. The first-order valence-electron chi connectivity index (χ1n) is 8.85. The van der Waals surface area contributed by atoms with Crippen molar-refractivity contribution >= 4 is 15.9 Å². The summed E-state index contributed by atoms with van der Waals surface area (Å²) in [6.45, 7) is 2.59. The molecule has 2 heterocycles. The molecule has 0 bridgehead atoms. The Morgan fingerprint density at radius 2 is 2.19 bits per heavy atom. The van der Waals surface area contributed by atoms with Crippen LogP contribution in [0.5, 0.6) is 0 Å². The smallest absolute Gasteiger partial charge is 0.158 e. The molecule has 1 N–H and O–H groups in total. The molecule has 0 radical (unpaired) electrons. The second kappa shape index (κ2) is 9.33. The topological polar surface area (TPSA) is 56.5 Å². The molecule has 26 heavy (non-hydrogen) atoms. The number of halogens is 1. The van der Waals surface area contributed by atoms with Gasteiger partial charge in [-0.15, -0.1) is 0 Å². The molecule has 1 aliphatic heterocycles. The lowest BCUT2D eigenvalue weighted by molar-refractivity contribution is -0.188. The van der Waals surface area contributed by atoms with Gasteiger partial charge in [0.1, 0.15) is 18.0 Å². The van der Waals surface area contributed by atoms with E-state index >= 15 is 0 Å². The highest BCUT2D eigenvalue weighted by molar-refractivity contribution is 9.10. The van der Waals surface area contributed by atoms with Crippen LogP contribution >= 0.6 is 15.9 Å². The summed E-state index contributed by atoms with van der Waals surface area (Å²) in [6, 6.07) is 7.38. The molecule has 1 aromatic heterocycles. The molecule has 0 spiro atoms. The van der Waals surface area contributed by atoms with Gasteiger partial charge in [-0.2, -0.15) is 0 Å². The minimum atomic E-state index is -0.380. The summed E-state index contributed by atoms with van der Waals surface area (Å²) in [6.07, 6.45) is 6.21. The van der Waals surface area contributed by atoms with Crippen LogP contribution in [-0.4, -0.2) is 34.2 Å². The number of aliphatic hydroxyl groups excluding tert-OH is 1. The Hall–Kier alpha value is -1.65. The lowest BCUT2D eigenvalue weighted by Gasteiger charge is -2.26. The average Bonchev–Trinajstić information content (AvgIpc) is 3.14. The fourth-order valence-electron chi connectivity index (χ4n) is 2.91. The van der Waals surface area contributed by atoms with Crippen LogP contribution in [0.4, 0.5) is 0 Å². The first-order chi connectivity index (χ1) is 12.7. The minimum Gasteiger partial charge on any atom is -0.393 e. The van der Waals surface area contributed by atoms with Crippen LogP contribution in [0.25, 0.3) is 0 Å². The van der Waals surface area contributed by atoms with Crippen LogP contribution in [0.2, 0.25) is 0 Å². The lowest BCUT2D eigenvalue weighted by atomic mass is 10.2. The van der Waals surface area contributed by atoms with Gasteiger partial charge in [-0.3, -0.25) is 0 Å². The molecule has 3 rings (SSSR count). The molecule has 0 aliphatic carbocycles. The Balaban J connectivity index is 1.73. The minimum absolute atomic E-state index is 0.0977. The van der Waals surface area contributed by atoms with Crippen molar-refractivity contribution in [3.8, 4) is 11.8 Å². The van der Waals surface area contributed by atoms with Crippen molar-refractivity contribution in [1.82, 2.24) is 9.55 Å². The first kappa shape index (κ1) is 19.1. The molecule has 3 atom stereocenters. The number of aliphatic hydroxyl groups is 1. The summed E-state index contributed by atoms with van der Waals surface area (Å²) in [4.78, 5) is 4.41. The second-order valence-corrected chi connectivity index (χ2v) is 7.16. The largest absolute Gasteiger partial charge is 0.393 e. The van der Waals surface area contributed by atoms with Crippen molar-refractivity contribution in [1.29, 1.82) is 0 Å². The van der Waals surface area contributed by atoms with Gasteiger partial charge in [0.2, 0.25) is 0 Å². The Morgan fingerprint density at radius 3 is 2.88 bits per heavy atom. The third-order valence-electron chi connectivity index (χ3n) is 4.29. The van der Waals surface area contributed by atoms with E-state index in [1.54, 1.807) is 6.20 Å². The molecule has 5 nitrogen and oxygen atoms in total. The Morgan fingerprint density at radius 1 is 1.38 bits per heavy atom. The number of hydrogen-bond donors (Lipinski definition) is 1. The molecular formula is C20H23BrN2O3. The monoisotopic (exact) mass is 418 g/mol. The van der Waals surface area contributed by atoms with E-state index in [1.807, 2.05) is 42.0 Å². The van der Waals surface area contributed by atoms with E-state index in [0.29, 0.717) is 0 Å². The summed E-state index contributed by atoms with van der Waals surface area (Å²) in [5, 5.41) is 9.82. The maximum absolute atomic E-state index is 9.82. The highest BCUT2D eigenvalue weighted by Gasteiger charge is 2.22. The van der Waals surface area contributed by atoms with Crippen LogP contribution in [0.1, 0.15) is 49.7 Å². The molecule has 6 heteroatoms. The Kier molecular flexibility index (Phi) is 6.86. The maximum atomic E-state index is 9.82. The van der Waals surface area contributed by atoms with E-state index < -0.39 is 0 Å². The van der Waals surface area contributed by atoms with Gasteiger partial charge < -0.3 is 19.1 Å². The summed E-state index contributed by atoms with van der Waals surface area (Å²) in [5.41, 5.74) is 0.896.